The smallest absolute Gasteiger partial charge is 0.132 e. The SMILES string of the molecule is Cc1nccc(N2CCNC(c3cn[nH]c3)C2)n1. The van der Waals surface area contributed by atoms with Crippen molar-refractivity contribution in [1.29, 1.82) is 0 Å². The number of anilines is 1. The van der Waals surface area contributed by atoms with Crippen molar-refractivity contribution in [3.8, 4) is 0 Å². The third-order valence-electron chi connectivity index (χ3n) is 3.18. The standard InChI is InChI=1S/C12H16N6/c1-9-13-3-2-12(17-9)18-5-4-14-11(8-18)10-6-15-16-7-10/h2-3,6-7,11,14H,4-5,8H2,1H3,(H,15,16). The zero-order chi connectivity index (χ0) is 12.4. The van der Waals surface area contributed by atoms with Gasteiger partial charge in [-0.1, -0.05) is 0 Å². The minimum Gasteiger partial charge on any atom is -0.353 e. The van der Waals surface area contributed by atoms with E-state index in [0.717, 1.165) is 31.3 Å². The Hall–Kier alpha value is -1.95. The van der Waals surface area contributed by atoms with E-state index < -0.39 is 0 Å². The van der Waals surface area contributed by atoms with E-state index in [4.69, 9.17) is 0 Å². The molecular formula is C12H16N6. The van der Waals surface area contributed by atoms with Crippen LogP contribution in [-0.4, -0.2) is 39.8 Å². The Labute approximate surface area is 105 Å². The van der Waals surface area contributed by atoms with Crippen LogP contribution >= 0.6 is 0 Å². The fourth-order valence-corrected chi connectivity index (χ4v) is 2.25. The van der Waals surface area contributed by atoms with Crippen molar-refractivity contribution in [2.24, 2.45) is 0 Å². The monoisotopic (exact) mass is 244 g/mol. The normalized spacial score (nSPS) is 20.1. The van der Waals surface area contributed by atoms with Gasteiger partial charge < -0.3 is 10.2 Å². The number of H-pyrrole nitrogens is 1. The molecule has 1 atom stereocenters. The van der Waals surface area contributed by atoms with Gasteiger partial charge in [0.05, 0.1) is 12.2 Å². The molecule has 1 saturated heterocycles. The third kappa shape index (κ3) is 2.19. The molecule has 1 aliphatic rings. The molecule has 6 heteroatoms. The van der Waals surface area contributed by atoms with Crippen molar-refractivity contribution in [3.63, 3.8) is 0 Å². The van der Waals surface area contributed by atoms with E-state index >= 15 is 0 Å². The molecule has 1 unspecified atom stereocenters. The summed E-state index contributed by atoms with van der Waals surface area (Å²) in [6.07, 6.45) is 5.62. The summed E-state index contributed by atoms with van der Waals surface area (Å²) in [5.74, 6) is 1.81. The van der Waals surface area contributed by atoms with E-state index in [1.165, 1.54) is 5.56 Å². The first-order valence-corrected chi connectivity index (χ1v) is 6.09. The van der Waals surface area contributed by atoms with E-state index in [2.05, 4.69) is 30.4 Å². The minimum atomic E-state index is 0.299. The second-order valence-electron chi connectivity index (χ2n) is 4.45. The van der Waals surface area contributed by atoms with Crippen molar-refractivity contribution in [2.45, 2.75) is 13.0 Å². The first-order chi connectivity index (χ1) is 8.83. The Kier molecular flexibility index (Phi) is 2.93. The van der Waals surface area contributed by atoms with Gasteiger partial charge in [0.15, 0.2) is 0 Å². The van der Waals surface area contributed by atoms with Crippen molar-refractivity contribution in [1.82, 2.24) is 25.5 Å². The maximum Gasteiger partial charge on any atom is 0.132 e. The van der Waals surface area contributed by atoms with Crippen molar-refractivity contribution >= 4 is 5.82 Å². The van der Waals surface area contributed by atoms with Crippen molar-refractivity contribution in [2.75, 3.05) is 24.5 Å². The lowest BCUT2D eigenvalue weighted by molar-refractivity contribution is 0.469. The van der Waals surface area contributed by atoms with Crippen LogP contribution in [0, 0.1) is 6.92 Å². The summed E-state index contributed by atoms with van der Waals surface area (Å²) in [5.41, 5.74) is 1.19. The van der Waals surface area contributed by atoms with Gasteiger partial charge in [0, 0.05) is 37.6 Å². The van der Waals surface area contributed by atoms with Gasteiger partial charge in [-0.3, -0.25) is 5.10 Å². The molecule has 1 aliphatic heterocycles. The van der Waals surface area contributed by atoms with Crippen LogP contribution in [0.25, 0.3) is 0 Å². The fraction of sp³-hybridized carbons (Fsp3) is 0.417. The van der Waals surface area contributed by atoms with E-state index in [1.807, 2.05) is 31.6 Å². The number of aromatic nitrogens is 4. The third-order valence-corrected chi connectivity index (χ3v) is 3.18. The van der Waals surface area contributed by atoms with Gasteiger partial charge in [-0.2, -0.15) is 5.10 Å². The lowest BCUT2D eigenvalue weighted by atomic mass is 10.1. The van der Waals surface area contributed by atoms with Gasteiger partial charge in [0.25, 0.3) is 0 Å². The zero-order valence-corrected chi connectivity index (χ0v) is 10.3. The number of aryl methyl sites for hydroxylation is 1. The molecule has 6 nitrogen and oxygen atoms in total. The second kappa shape index (κ2) is 4.73. The van der Waals surface area contributed by atoms with Crippen molar-refractivity contribution in [3.05, 3.63) is 36.0 Å². The van der Waals surface area contributed by atoms with Gasteiger partial charge in [-0.15, -0.1) is 0 Å². The highest BCUT2D eigenvalue weighted by molar-refractivity contribution is 5.39. The Morgan fingerprint density at radius 2 is 2.39 bits per heavy atom. The Bertz CT molecular complexity index is 509. The molecule has 2 N–H and O–H groups in total. The molecule has 2 aromatic rings. The molecule has 3 rings (SSSR count). The average molecular weight is 244 g/mol. The fourth-order valence-electron chi connectivity index (χ4n) is 2.25. The maximum atomic E-state index is 4.48. The summed E-state index contributed by atoms with van der Waals surface area (Å²) in [7, 11) is 0. The molecule has 18 heavy (non-hydrogen) atoms. The zero-order valence-electron chi connectivity index (χ0n) is 10.3. The highest BCUT2D eigenvalue weighted by atomic mass is 15.3. The topological polar surface area (TPSA) is 69.7 Å². The predicted octanol–water partition coefficient (Wildman–Crippen LogP) is 0.659. The Morgan fingerprint density at radius 1 is 1.44 bits per heavy atom. The van der Waals surface area contributed by atoms with Crippen LogP contribution in [0.4, 0.5) is 5.82 Å². The average Bonchev–Trinajstić information content (AvgIpc) is 2.93. The molecule has 0 bridgehead atoms. The summed E-state index contributed by atoms with van der Waals surface area (Å²) < 4.78 is 0. The molecule has 94 valence electrons. The van der Waals surface area contributed by atoms with Crippen LogP contribution in [0.15, 0.2) is 24.7 Å². The summed E-state index contributed by atoms with van der Waals surface area (Å²) >= 11 is 0. The van der Waals surface area contributed by atoms with Crippen LogP contribution in [0.5, 0.6) is 0 Å². The molecular weight excluding hydrogens is 228 g/mol. The number of piperazine rings is 1. The quantitative estimate of drug-likeness (QED) is 0.812. The number of nitrogens with zero attached hydrogens (tertiary/aromatic N) is 4. The van der Waals surface area contributed by atoms with E-state index in [1.54, 1.807) is 0 Å². The van der Waals surface area contributed by atoms with Gasteiger partial charge >= 0.3 is 0 Å². The molecule has 0 spiro atoms. The number of rotatable bonds is 2. The first-order valence-electron chi connectivity index (χ1n) is 6.09. The molecule has 0 aromatic carbocycles. The summed E-state index contributed by atoms with van der Waals surface area (Å²) in [5, 5.41) is 10.3. The Morgan fingerprint density at radius 3 is 3.17 bits per heavy atom. The van der Waals surface area contributed by atoms with E-state index in [9.17, 15) is 0 Å². The molecule has 0 amide bonds. The van der Waals surface area contributed by atoms with E-state index in [0.29, 0.717) is 6.04 Å². The summed E-state index contributed by atoms with van der Waals surface area (Å²) in [6, 6.07) is 2.26. The number of hydrogen-bond donors (Lipinski definition) is 2. The summed E-state index contributed by atoms with van der Waals surface area (Å²) in [6.45, 7) is 4.72. The van der Waals surface area contributed by atoms with Crippen LogP contribution in [0.2, 0.25) is 0 Å². The van der Waals surface area contributed by atoms with Crippen molar-refractivity contribution < 1.29 is 0 Å². The number of aromatic amines is 1. The second-order valence-corrected chi connectivity index (χ2v) is 4.45. The lowest BCUT2D eigenvalue weighted by Gasteiger charge is -2.34. The number of hydrogen-bond acceptors (Lipinski definition) is 5. The Balaban J connectivity index is 1.78. The molecule has 0 saturated carbocycles. The summed E-state index contributed by atoms with van der Waals surface area (Å²) in [4.78, 5) is 10.9. The first kappa shape index (κ1) is 11.2. The van der Waals surface area contributed by atoms with Crippen LogP contribution in [0.1, 0.15) is 17.4 Å². The highest BCUT2D eigenvalue weighted by Gasteiger charge is 2.22. The molecule has 3 heterocycles. The maximum absolute atomic E-state index is 4.48. The number of nitrogens with one attached hydrogen (secondary N) is 2. The van der Waals surface area contributed by atoms with Crippen LogP contribution in [-0.2, 0) is 0 Å². The molecule has 2 aromatic heterocycles. The largest absolute Gasteiger partial charge is 0.353 e. The molecule has 1 fully saturated rings. The van der Waals surface area contributed by atoms with Crippen LogP contribution < -0.4 is 10.2 Å². The van der Waals surface area contributed by atoms with Gasteiger partial charge in [-0.25, -0.2) is 9.97 Å². The van der Waals surface area contributed by atoms with Gasteiger partial charge in [-0.05, 0) is 13.0 Å². The molecule has 0 radical (unpaired) electrons. The van der Waals surface area contributed by atoms with E-state index in [-0.39, 0.29) is 0 Å². The van der Waals surface area contributed by atoms with Gasteiger partial charge in [0.1, 0.15) is 11.6 Å². The lowest BCUT2D eigenvalue weighted by Crippen LogP contribution is -2.46. The van der Waals surface area contributed by atoms with Gasteiger partial charge in [0.2, 0.25) is 0 Å². The molecule has 0 aliphatic carbocycles. The minimum absolute atomic E-state index is 0.299. The highest BCUT2D eigenvalue weighted by Crippen LogP contribution is 2.19. The predicted molar refractivity (Wildman–Crippen MR) is 68.3 cm³/mol. The van der Waals surface area contributed by atoms with Crippen LogP contribution in [0.3, 0.4) is 0 Å².